The van der Waals surface area contributed by atoms with E-state index >= 15 is 0 Å². The van der Waals surface area contributed by atoms with Gasteiger partial charge in [-0.3, -0.25) is 19.3 Å². The molecular formula is C26H28FN3O4S. The van der Waals surface area contributed by atoms with E-state index in [1.165, 1.54) is 40.5 Å². The van der Waals surface area contributed by atoms with Gasteiger partial charge in [-0.05, 0) is 67.6 Å². The number of amides is 3. The first-order valence-corrected chi connectivity index (χ1v) is 12.6. The predicted molar refractivity (Wildman–Crippen MR) is 132 cm³/mol. The average Bonchev–Trinajstić information content (AvgIpc) is 3.54. The molecule has 7 nitrogen and oxygen atoms in total. The molecule has 1 aromatic carbocycles. The van der Waals surface area contributed by atoms with Crippen molar-refractivity contribution in [2.45, 2.75) is 51.1 Å². The Kier molecular flexibility index (Phi) is 7.97. The van der Waals surface area contributed by atoms with Crippen LogP contribution in [0.1, 0.15) is 59.3 Å². The van der Waals surface area contributed by atoms with E-state index in [2.05, 4.69) is 10.6 Å². The number of benzene rings is 1. The van der Waals surface area contributed by atoms with Crippen LogP contribution in [-0.4, -0.2) is 30.3 Å². The molecule has 2 N–H and O–H groups in total. The Morgan fingerprint density at radius 3 is 2.46 bits per heavy atom. The second-order valence-electron chi connectivity index (χ2n) is 8.59. The number of thiophene rings is 1. The van der Waals surface area contributed by atoms with Crippen molar-refractivity contribution < 1.29 is 23.2 Å². The molecule has 1 aliphatic rings. The zero-order valence-corrected chi connectivity index (χ0v) is 20.3. The highest BCUT2D eigenvalue weighted by Crippen LogP contribution is 2.30. The second-order valence-corrected chi connectivity index (χ2v) is 9.54. The van der Waals surface area contributed by atoms with Crippen LogP contribution in [0.25, 0.3) is 0 Å². The minimum Gasteiger partial charge on any atom is -0.464 e. The fourth-order valence-electron chi connectivity index (χ4n) is 4.28. The summed E-state index contributed by atoms with van der Waals surface area (Å²) in [5, 5.41) is 7.47. The predicted octanol–water partition coefficient (Wildman–Crippen LogP) is 4.74. The molecule has 0 radical (unpaired) electrons. The van der Waals surface area contributed by atoms with E-state index < -0.39 is 17.8 Å². The average molecular weight is 498 g/mol. The standard InChI is InChI=1S/C26H28FN3O4S/c1-17-9-14-21(34-17)24(26(33)29-19-6-3-2-4-7-19)30(20-12-10-18(27)11-13-20)23(31)16-28-25(32)22-8-5-15-35-22/h5,8-15,19,24H,2-4,6-7,16H2,1H3,(H,28,32)(H,29,33). The van der Waals surface area contributed by atoms with Crippen molar-refractivity contribution in [2.75, 3.05) is 11.4 Å². The fourth-order valence-corrected chi connectivity index (χ4v) is 4.92. The van der Waals surface area contributed by atoms with E-state index in [-0.39, 0.29) is 30.2 Å². The number of rotatable bonds is 8. The van der Waals surface area contributed by atoms with Crippen LogP contribution in [0.2, 0.25) is 0 Å². The minimum absolute atomic E-state index is 0.0125. The number of nitrogens with one attached hydrogen (secondary N) is 2. The van der Waals surface area contributed by atoms with Crippen molar-refractivity contribution in [3.63, 3.8) is 0 Å². The summed E-state index contributed by atoms with van der Waals surface area (Å²) in [4.78, 5) is 41.3. The van der Waals surface area contributed by atoms with Gasteiger partial charge in [0.15, 0.2) is 6.04 Å². The lowest BCUT2D eigenvalue weighted by Crippen LogP contribution is -2.49. The van der Waals surface area contributed by atoms with Gasteiger partial charge in [0.25, 0.3) is 11.8 Å². The highest BCUT2D eigenvalue weighted by atomic mass is 32.1. The van der Waals surface area contributed by atoms with Crippen molar-refractivity contribution in [2.24, 2.45) is 0 Å². The van der Waals surface area contributed by atoms with Crippen LogP contribution >= 0.6 is 11.3 Å². The van der Waals surface area contributed by atoms with Gasteiger partial charge in [-0.2, -0.15) is 0 Å². The molecule has 4 rings (SSSR count). The smallest absolute Gasteiger partial charge is 0.261 e. The largest absolute Gasteiger partial charge is 0.464 e. The monoisotopic (exact) mass is 497 g/mol. The Morgan fingerprint density at radius 1 is 1.09 bits per heavy atom. The zero-order chi connectivity index (χ0) is 24.8. The molecule has 1 saturated carbocycles. The maximum absolute atomic E-state index is 13.7. The molecule has 0 spiro atoms. The van der Waals surface area contributed by atoms with Crippen molar-refractivity contribution in [1.82, 2.24) is 10.6 Å². The fraction of sp³-hybridized carbons (Fsp3) is 0.346. The number of halogens is 1. The maximum atomic E-state index is 13.7. The van der Waals surface area contributed by atoms with E-state index in [4.69, 9.17) is 4.42 Å². The van der Waals surface area contributed by atoms with E-state index in [1.54, 1.807) is 36.6 Å². The second kappa shape index (κ2) is 11.3. The highest BCUT2D eigenvalue weighted by Gasteiger charge is 2.36. The van der Waals surface area contributed by atoms with Gasteiger partial charge in [0.1, 0.15) is 17.3 Å². The molecule has 0 saturated heterocycles. The van der Waals surface area contributed by atoms with Crippen molar-refractivity contribution >= 4 is 34.7 Å². The summed E-state index contributed by atoms with van der Waals surface area (Å²) >= 11 is 1.26. The molecule has 184 valence electrons. The molecule has 0 aliphatic heterocycles. The van der Waals surface area contributed by atoms with Gasteiger partial charge < -0.3 is 15.1 Å². The molecule has 1 unspecified atom stereocenters. The Bertz CT molecular complexity index is 1150. The molecule has 1 aliphatic carbocycles. The van der Waals surface area contributed by atoms with Gasteiger partial charge >= 0.3 is 0 Å². The Labute approximate surface area is 207 Å². The van der Waals surface area contributed by atoms with Gasteiger partial charge in [-0.1, -0.05) is 25.3 Å². The number of nitrogens with zero attached hydrogens (tertiary/aromatic N) is 1. The van der Waals surface area contributed by atoms with Crippen molar-refractivity contribution in [3.05, 3.63) is 76.1 Å². The highest BCUT2D eigenvalue weighted by molar-refractivity contribution is 7.12. The Balaban J connectivity index is 1.64. The summed E-state index contributed by atoms with van der Waals surface area (Å²) in [7, 11) is 0. The topological polar surface area (TPSA) is 91.7 Å². The third-order valence-corrected chi connectivity index (χ3v) is 6.88. The van der Waals surface area contributed by atoms with Crippen LogP contribution in [0.15, 0.2) is 58.3 Å². The van der Waals surface area contributed by atoms with E-state index in [0.29, 0.717) is 16.3 Å². The quantitative estimate of drug-likeness (QED) is 0.470. The number of carbonyl (C=O) groups is 3. The van der Waals surface area contributed by atoms with Crippen LogP contribution in [0.4, 0.5) is 10.1 Å². The van der Waals surface area contributed by atoms with E-state index in [0.717, 1.165) is 32.1 Å². The number of carbonyl (C=O) groups excluding carboxylic acids is 3. The van der Waals surface area contributed by atoms with Gasteiger partial charge in [0.05, 0.1) is 11.4 Å². The molecule has 35 heavy (non-hydrogen) atoms. The summed E-state index contributed by atoms with van der Waals surface area (Å²) < 4.78 is 19.5. The zero-order valence-electron chi connectivity index (χ0n) is 19.5. The van der Waals surface area contributed by atoms with Crippen molar-refractivity contribution in [1.29, 1.82) is 0 Å². The summed E-state index contributed by atoms with van der Waals surface area (Å²) in [5.74, 6) is -0.882. The summed E-state index contributed by atoms with van der Waals surface area (Å²) in [5.41, 5.74) is 0.319. The minimum atomic E-state index is -1.12. The SMILES string of the molecule is Cc1ccc(C(C(=O)NC2CCCCC2)N(C(=O)CNC(=O)c2cccs2)c2ccc(F)cc2)o1. The van der Waals surface area contributed by atoms with Gasteiger partial charge in [-0.25, -0.2) is 4.39 Å². The normalized spacial score (nSPS) is 14.8. The third kappa shape index (κ3) is 6.16. The molecule has 1 fully saturated rings. The molecular weight excluding hydrogens is 469 g/mol. The summed E-state index contributed by atoms with van der Waals surface area (Å²) in [6.45, 7) is 1.41. The molecule has 3 amide bonds. The molecule has 2 aromatic heterocycles. The van der Waals surface area contributed by atoms with Crippen molar-refractivity contribution in [3.8, 4) is 0 Å². The molecule has 9 heteroatoms. The number of aryl methyl sites for hydroxylation is 1. The third-order valence-electron chi connectivity index (χ3n) is 6.01. The number of hydrogen-bond donors (Lipinski definition) is 2. The van der Waals surface area contributed by atoms with Gasteiger partial charge in [0, 0.05) is 11.7 Å². The lowest BCUT2D eigenvalue weighted by molar-refractivity contribution is -0.127. The molecule has 0 bridgehead atoms. The first-order chi connectivity index (χ1) is 16.9. The first-order valence-electron chi connectivity index (χ1n) is 11.7. The molecule has 3 aromatic rings. The lowest BCUT2D eigenvalue weighted by atomic mass is 9.95. The van der Waals surface area contributed by atoms with E-state index in [9.17, 15) is 18.8 Å². The maximum Gasteiger partial charge on any atom is 0.261 e. The number of hydrogen-bond acceptors (Lipinski definition) is 5. The van der Waals surface area contributed by atoms with Gasteiger partial charge in [0.2, 0.25) is 5.91 Å². The van der Waals surface area contributed by atoms with Gasteiger partial charge in [-0.15, -0.1) is 11.3 Å². The Hall–Kier alpha value is -3.46. The van der Waals surface area contributed by atoms with E-state index in [1.807, 2.05) is 0 Å². The van der Waals surface area contributed by atoms with Crippen LogP contribution in [-0.2, 0) is 9.59 Å². The lowest BCUT2D eigenvalue weighted by Gasteiger charge is -2.32. The van der Waals surface area contributed by atoms with Crippen LogP contribution < -0.4 is 15.5 Å². The van der Waals surface area contributed by atoms with Crippen LogP contribution in [0.5, 0.6) is 0 Å². The number of furan rings is 1. The van der Waals surface area contributed by atoms with Crippen LogP contribution in [0, 0.1) is 12.7 Å². The molecule has 2 heterocycles. The summed E-state index contributed by atoms with van der Waals surface area (Å²) in [6, 6.07) is 11.0. The van der Waals surface area contributed by atoms with Crippen LogP contribution in [0.3, 0.4) is 0 Å². The first kappa shape index (κ1) is 24.7. The number of anilines is 1. The molecule has 1 atom stereocenters. The summed E-state index contributed by atoms with van der Waals surface area (Å²) in [6.07, 6.45) is 4.95. The Morgan fingerprint density at radius 2 is 1.83 bits per heavy atom.